The van der Waals surface area contributed by atoms with Gasteiger partial charge in [0, 0.05) is 44.0 Å². The van der Waals surface area contributed by atoms with Crippen LogP contribution in [0.25, 0.3) is 0 Å². The molecule has 1 saturated heterocycles. The zero-order valence-electron chi connectivity index (χ0n) is 12.7. The van der Waals surface area contributed by atoms with Crippen molar-refractivity contribution in [3.8, 4) is 0 Å². The van der Waals surface area contributed by atoms with Crippen LogP contribution in [-0.4, -0.2) is 40.0 Å². The summed E-state index contributed by atoms with van der Waals surface area (Å²) in [5.41, 5.74) is 7.06. The highest BCUT2D eigenvalue weighted by molar-refractivity contribution is 5.79. The van der Waals surface area contributed by atoms with Crippen LogP contribution in [-0.2, 0) is 11.2 Å². The first kappa shape index (κ1) is 14.6. The Bertz CT molecular complexity index is 472. The van der Waals surface area contributed by atoms with E-state index in [9.17, 15) is 4.79 Å². The van der Waals surface area contributed by atoms with Crippen molar-refractivity contribution >= 4 is 5.91 Å². The normalized spacial score (nSPS) is 21.1. The average molecular weight is 290 g/mol. The number of carbonyl (C=O) groups is 1. The molecule has 21 heavy (non-hydrogen) atoms. The number of likely N-dealkylation sites (tertiary alicyclic amines) is 1. The fourth-order valence-corrected chi connectivity index (χ4v) is 3.24. The minimum Gasteiger partial charge on any atom is -0.342 e. The molecule has 1 aromatic heterocycles. The summed E-state index contributed by atoms with van der Waals surface area (Å²) in [5, 5.41) is 0. The van der Waals surface area contributed by atoms with Gasteiger partial charge in [0.1, 0.15) is 0 Å². The third kappa shape index (κ3) is 3.46. The van der Waals surface area contributed by atoms with E-state index in [0.717, 1.165) is 38.0 Å². The number of amides is 1. The van der Waals surface area contributed by atoms with E-state index in [4.69, 9.17) is 5.73 Å². The molecular formula is C16H26N4O. The summed E-state index contributed by atoms with van der Waals surface area (Å²) < 4.78 is 2.23. The minimum absolute atomic E-state index is 0.0997. The monoisotopic (exact) mass is 290 g/mol. The Kier molecular flexibility index (Phi) is 4.58. The van der Waals surface area contributed by atoms with Crippen molar-refractivity contribution in [1.29, 1.82) is 0 Å². The fraction of sp³-hybridized carbons (Fsp3) is 0.750. The zero-order valence-corrected chi connectivity index (χ0v) is 12.7. The predicted octanol–water partition coefficient (Wildman–Crippen LogP) is 1.74. The topological polar surface area (TPSA) is 64.1 Å². The molecule has 116 valence electrons. The summed E-state index contributed by atoms with van der Waals surface area (Å²) >= 11 is 0. The van der Waals surface area contributed by atoms with Crippen molar-refractivity contribution in [2.45, 2.75) is 51.0 Å². The number of nitrogens with two attached hydrogens (primary N) is 1. The second kappa shape index (κ2) is 6.60. The lowest BCUT2D eigenvalue weighted by atomic mass is 10.0. The largest absolute Gasteiger partial charge is 0.342 e. The highest BCUT2D eigenvalue weighted by atomic mass is 16.2. The molecule has 3 rings (SSSR count). The van der Waals surface area contributed by atoms with Gasteiger partial charge in [0.2, 0.25) is 5.91 Å². The second-order valence-corrected chi connectivity index (χ2v) is 6.40. The van der Waals surface area contributed by atoms with Crippen molar-refractivity contribution in [1.82, 2.24) is 14.5 Å². The standard InChI is InChI=1S/C16H26N4O/c17-10-13(16(21)19-7-3-1-2-4-8-19)9-15-11-18-12-20(15)14-5-6-14/h11-14H,1-10,17H2. The van der Waals surface area contributed by atoms with Crippen LogP contribution in [0.4, 0.5) is 0 Å². The Balaban J connectivity index is 1.65. The molecule has 5 heteroatoms. The number of hydrogen-bond donors (Lipinski definition) is 1. The molecule has 2 fully saturated rings. The Hall–Kier alpha value is -1.36. The molecule has 5 nitrogen and oxygen atoms in total. The molecule has 1 amide bonds. The predicted molar refractivity (Wildman–Crippen MR) is 81.8 cm³/mol. The minimum atomic E-state index is -0.0997. The molecule has 1 saturated carbocycles. The fourth-order valence-electron chi connectivity index (χ4n) is 3.24. The SMILES string of the molecule is NCC(Cc1cncn1C1CC1)C(=O)N1CCCCCC1. The van der Waals surface area contributed by atoms with E-state index in [1.165, 1.54) is 25.7 Å². The molecular weight excluding hydrogens is 264 g/mol. The van der Waals surface area contributed by atoms with Crippen molar-refractivity contribution < 1.29 is 4.79 Å². The first-order valence-corrected chi connectivity index (χ1v) is 8.29. The third-order valence-electron chi connectivity index (χ3n) is 4.69. The van der Waals surface area contributed by atoms with Crippen LogP contribution in [0.15, 0.2) is 12.5 Å². The molecule has 0 spiro atoms. The van der Waals surface area contributed by atoms with E-state index in [2.05, 4.69) is 9.55 Å². The Morgan fingerprint density at radius 1 is 1.29 bits per heavy atom. The molecule has 0 aromatic carbocycles. The maximum Gasteiger partial charge on any atom is 0.227 e. The molecule has 1 atom stereocenters. The molecule has 2 N–H and O–H groups in total. The number of hydrogen-bond acceptors (Lipinski definition) is 3. The second-order valence-electron chi connectivity index (χ2n) is 6.40. The number of aromatic nitrogens is 2. The van der Waals surface area contributed by atoms with Gasteiger partial charge < -0.3 is 15.2 Å². The van der Waals surface area contributed by atoms with E-state index in [-0.39, 0.29) is 11.8 Å². The smallest absolute Gasteiger partial charge is 0.227 e. The molecule has 1 aliphatic heterocycles. The van der Waals surface area contributed by atoms with Crippen LogP contribution in [0.1, 0.15) is 50.3 Å². The third-order valence-corrected chi connectivity index (χ3v) is 4.69. The van der Waals surface area contributed by atoms with Gasteiger partial charge in [-0.05, 0) is 25.7 Å². The molecule has 1 aliphatic carbocycles. The molecule has 0 bridgehead atoms. The van der Waals surface area contributed by atoms with Gasteiger partial charge >= 0.3 is 0 Å². The van der Waals surface area contributed by atoms with Gasteiger partial charge in [-0.25, -0.2) is 4.98 Å². The maximum atomic E-state index is 12.7. The van der Waals surface area contributed by atoms with Gasteiger partial charge in [0.25, 0.3) is 0 Å². The maximum absolute atomic E-state index is 12.7. The summed E-state index contributed by atoms with van der Waals surface area (Å²) in [4.78, 5) is 19.0. The van der Waals surface area contributed by atoms with Crippen molar-refractivity contribution in [3.05, 3.63) is 18.2 Å². The van der Waals surface area contributed by atoms with E-state index in [0.29, 0.717) is 12.6 Å². The number of carbonyl (C=O) groups excluding carboxylic acids is 1. The van der Waals surface area contributed by atoms with E-state index >= 15 is 0 Å². The van der Waals surface area contributed by atoms with Crippen molar-refractivity contribution in [2.24, 2.45) is 11.7 Å². The lowest BCUT2D eigenvalue weighted by Crippen LogP contribution is -2.40. The van der Waals surface area contributed by atoms with Crippen LogP contribution in [0.3, 0.4) is 0 Å². The molecule has 2 heterocycles. The van der Waals surface area contributed by atoms with Crippen LogP contribution >= 0.6 is 0 Å². The number of imidazole rings is 1. The summed E-state index contributed by atoms with van der Waals surface area (Å²) in [5.74, 6) is 0.139. The van der Waals surface area contributed by atoms with E-state index < -0.39 is 0 Å². The average Bonchev–Trinajstić information content (AvgIpc) is 3.29. The van der Waals surface area contributed by atoms with Gasteiger partial charge in [0.05, 0.1) is 12.2 Å². The Morgan fingerprint density at radius 2 is 2.00 bits per heavy atom. The number of rotatable bonds is 5. The van der Waals surface area contributed by atoms with Gasteiger partial charge in [-0.2, -0.15) is 0 Å². The highest BCUT2D eigenvalue weighted by Crippen LogP contribution is 2.36. The lowest BCUT2D eigenvalue weighted by Gasteiger charge is -2.25. The Labute approximate surface area is 126 Å². The summed E-state index contributed by atoms with van der Waals surface area (Å²) in [6.45, 7) is 2.22. The van der Waals surface area contributed by atoms with Crippen LogP contribution in [0, 0.1) is 5.92 Å². The first-order valence-electron chi connectivity index (χ1n) is 8.29. The quantitative estimate of drug-likeness (QED) is 0.898. The Morgan fingerprint density at radius 3 is 2.62 bits per heavy atom. The highest BCUT2D eigenvalue weighted by Gasteiger charge is 2.29. The van der Waals surface area contributed by atoms with Gasteiger partial charge in [-0.1, -0.05) is 12.8 Å². The van der Waals surface area contributed by atoms with Gasteiger partial charge in [-0.3, -0.25) is 4.79 Å². The van der Waals surface area contributed by atoms with Crippen LogP contribution in [0.2, 0.25) is 0 Å². The summed E-state index contributed by atoms with van der Waals surface area (Å²) in [7, 11) is 0. The van der Waals surface area contributed by atoms with Crippen molar-refractivity contribution in [3.63, 3.8) is 0 Å². The van der Waals surface area contributed by atoms with Crippen LogP contribution in [0.5, 0.6) is 0 Å². The first-order chi connectivity index (χ1) is 10.3. The lowest BCUT2D eigenvalue weighted by molar-refractivity contribution is -0.135. The zero-order chi connectivity index (χ0) is 14.7. The summed E-state index contributed by atoms with van der Waals surface area (Å²) in [6, 6.07) is 0.606. The van der Waals surface area contributed by atoms with Crippen molar-refractivity contribution in [2.75, 3.05) is 19.6 Å². The van der Waals surface area contributed by atoms with Gasteiger partial charge in [-0.15, -0.1) is 0 Å². The molecule has 1 aromatic rings. The van der Waals surface area contributed by atoms with Gasteiger partial charge in [0.15, 0.2) is 0 Å². The van der Waals surface area contributed by atoms with E-state index in [1.807, 2.05) is 17.4 Å². The molecule has 1 unspecified atom stereocenters. The van der Waals surface area contributed by atoms with Crippen LogP contribution < -0.4 is 5.73 Å². The number of nitrogens with zero attached hydrogens (tertiary/aromatic N) is 3. The molecule has 2 aliphatic rings. The summed E-state index contributed by atoms with van der Waals surface area (Å²) in [6.07, 6.45) is 11.7. The van der Waals surface area contributed by atoms with E-state index in [1.54, 1.807) is 0 Å². The molecule has 0 radical (unpaired) electrons.